The van der Waals surface area contributed by atoms with Gasteiger partial charge in [-0.2, -0.15) is 0 Å². The lowest BCUT2D eigenvalue weighted by Gasteiger charge is -2.06. The van der Waals surface area contributed by atoms with Crippen LogP contribution in [0.1, 0.15) is 34.0 Å². The predicted molar refractivity (Wildman–Crippen MR) is 119 cm³/mol. The Hall–Kier alpha value is -3.73. The van der Waals surface area contributed by atoms with E-state index in [0.29, 0.717) is 17.4 Å². The van der Waals surface area contributed by atoms with Gasteiger partial charge >= 0.3 is 0 Å². The molecular weight excluding hydrogens is 376 g/mol. The number of carbonyl (C=O) groups is 2. The van der Waals surface area contributed by atoms with E-state index in [9.17, 15) is 9.59 Å². The minimum atomic E-state index is -0.000733. The number of carbonyl (C=O) groups excluding carboxylic acids is 2. The van der Waals surface area contributed by atoms with Gasteiger partial charge in [-0.3, -0.25) is 9.59 Å². The van der Waals surface area contributed by atoms with Crippen LogP contribution in [0.4, 0.5) is 0 Å². The number of hydrogen-bond donors (Lipinski definition) is 1. The maximum absolute atomic E-state index is 13.1. The topological polar surface area (TPSA) is 71.7 Å². The highest BCUT2D eigenvalue weighted by molar-refractivity contribution is 6.28. The summed E-state index contributed by atoms with van der Waals surface area (Å²) in [5.74, 6) is -0.000733. The van der Waals surface area contributed by atoms with Crippen LogP contribution in [0, 0.1) is 6.92 Å². The highest BCUT2D eigenvalue weighted by atomic mass is 16.4. The van der Waals surface area contributed by atoms with E-state index in [2.05, 4.69) is 16.6 Å². The number of aromatic nitrogens is 1. The summed E-state index contributed by atoms with van der Waals surface area (Å²) in [6.45, 7) is 4.82. The molecule has 4 rings (SSSR count). The molecule has 0 spiro atoms. The fourth-order valence-corrected chi connectivity index (χ4v) is 4.04. The standard InChI is InChI=1S/C25H22N2O3/c1-3-27-23-10-8-17(12-19(15-28)26-30)13-21(23)22-14-18(9-11-24(22)27)25(29)20-7-5-4-6-16(20)2/h4-11,13-15,30H,3,12H2,1-2H3. The van der Waals surface area contributed by atoms with Gasteiger partial charge in [-0.05, 0) is 55.3 Å². The Morgan fingerprint density at radius 2 is 1.73 bits per heavy atom. The maximum atomic E-state index is 13.1. The van der Waals surface area contributed by atoms with Crippen molar-refractivity contribution in [1.29, 1.82) is 0 Å². The molecule has 150 valence electrons. The van der Waals surface area contributed by atoms with Crippen molar-refractivity contribution in [3.8, 4) is 0 Å². The van der Waals surface area contributed by atoms with Crippen LogP contribution in [0.15, 0.2) is 65.8 Å². The number of hydrogen-bond acceptors (Lipinski definition) is 4. The van der Waals surface area contributed by atoms with E-state index < -0.39 is 0 Å². The molecule has 1 aromatic heterocycles. The molecule has 0 bridgehead atoms. The summed E-state index contributed by atoms with van der Waals surface area (Å²) >= 11 is 0. The molecule has 0 saturated carbocycles. The van der Waals surface area contributed by atoms with E-state index in [4.69, 9.17) is 5.21 Å². The zero-order valence-corrected chi connectivity index (χ0v) is 16.9. The van der Waals surface area contributed by atoms with Gasteiger partial charge in [-0.15, -0.1) is 0 Å². The molecule has 1 heterocycles. The van der Waals surface area contributed by atoms with Crippen LogP contribution < -0.4 is 0 Å². The quantitative estimate of drug-likeness (QED) is 0.165. The SMILES string of the molecule is CCn1c2ccc(CC(C=O)=NO)cc2c2cc(C(=O)c3ccccc3C)ccc21. The minimum absolute atomic E-state index is 0.000733. The predicted octanol–water partition coefficient (Wildman–Crippen LogP) is 4.93. The lowest BCUT2D eigenvalue weighted by atomic mass is 9.97. The first-order chi connectivity index (χ1) is 14.6. The molecule has 0 aliphatic carbocycles. The number of ketones is 1. The van der Waals surface area contributed by atoms with Gasteiger partial charge in [-0.25, -0.2) is 0 Å². The summed E-state index contributed by atoms with van der Waals surface area (Å²) in [5, 5.41) is 14.0. The van der Waals surface area contributed by atoms with Gasteiger partial charge in [0.2, 0.25) is 0 Å². The fourth-order valence-electron chi connectivity index (χ4n) is 4.04. The number of aryl methyl sites for hydroxylation is 2. The average molecular weight is 398 g/mol. The number of fused-ring (bicyclic) bond motifs is 3. The molecule has 0 radical (unpaired) electrons. The van der Waals surface area contributed by atoms with Crippen molar-refractivity contribution in [2.75, 3.05) is 0 Å². The molecule has 0 aliphatic heterocycles. The molecule has 4 aromatic rings. The van der Waals surface area contributed by atoms with E-state index in [1.165, 1.54) is 0 Å². The second-order valence-electron chi connectivity index (χ2n) is 7.36. The Morgan fingerprint density at radius 1 is 1.03 bits per heavy atom. The molecular formula is C25H22N2O3. The fraction of sp³-hybridized carbons (Fsp3) is 0.160. The van der Waals surface area contributed by atoms with Gasteiger partial charge in [0.1, 0.15) is 5.71 Å². The zero-order valence-electron chi connectivity index (χ0n) is 16.9. The smallest absolute Gasteiger partial charge is 0.193 e. The van der Waals surface area contributed by atoms with Gasteiger partial charge in [0.05, 0.1) is 0 Å². The monoisotopic (exact) mass is 398 g/mol. The summed E-state index contributed by atoms with van der Waals surface area (Å²) < 4.78 is 2.21. The summed E-state index contributed by atoms with van der Waals surface area (Å²) in [4.78, 5) is 24.1. The van der Waals surface area contributed by atoms with Crippen molar-refractivity contribution in [2.24, 2.45) is 5.16 Å². The third-order valence-corrected chi connectivity index (χ3v) is 5.55. The van der Waals surface area contributed by atoms with Crippen LogP contribution in [0.25, 0.3) is 21.8 Å². The number of rotatable bonds is 6. The third kappa shape index (κ3) is 3.28. The molecule has 0 aliphatic rings. The largest absolute Gasteiger partial charge is 0.411 e. The van der Waals surface area contributed by atoms with Crippen LogP contribution in [0.5, 0.6) is 0 Å². The number of benzene rings is 3. The number of nitrogens with zero attached hydrogens (tertiary/aromatic N) is 2. The molecule has 0 fully saturated rings. The molecule has 1 N–H and O–H groups in total. The Kier molecular flexibility index (Phi) is 5.19. The molecule has 5 heteroatoms. The molecule has 0 amide bonds. The summed E-state index contributed by atoms with van der Waals surface area (Å²) in [5.41, 5.74) is 5.35. The minimum Gasteiger partial charge on any atom is -0.411 e. The van der Waals surface area contributed by atoms with Gasteiger partial charge < -0.3 is 9.77 Å². The Labute approximate surface area is 174 Å². The highest BCUT2D eigenvalue weighted by Gasteiger charge is 2.16. The van der Waals surface area contributed by atoms with Crippen LogP contribution in [-0.2, 0) is 17.8 Å². The Bertz CT molecular complexity index is 1310. The maximum Gasteiger partial charge on any atom is 0.193 e. The van der Waals surface area contributed by atoms with E-state index in [1.54, 1.807) is 0 Å². The zero-order chi connectivity index (χ0) is 21.3. The first kappa shape index (κ1) is 19.6. The third-order valence-electron chi connectivity index (χ3n) is 5.55. The molecule has 3 aromatic carbocycles. The van der Waals surface area contributed by atoms with Crippen molar-refractivity contribution >= 4 is 39.6 Å². The van der Waals surface area contributed by atoms with Crippen LogP contribution in [0.2, 0.25) is 0 Å². The number of aldehydes is 1. The molecule has 0 unspecified atom stereocenters. The molecule has 0 atom stereocenters. The van der Waals surface area contributed by atoms with Gasteiger partial charge in [0, 0.05) is 45.9 Å². The lowest BCUT2D eigenvalue weighted by molar-refractivity contribution is -0.102. The van der Waals surface area contributed by atoms with E-state index >= 15 is 0 Å². The lowest BCUT2D eigenvalue weighted by Crippen LogP contribution is -2.04. The van der Waals surface area contributed by atoms with Crippen molar-refractivity contribution in [1.82, 2.24) is 4.57 Å². The van der Waals surface area contributed by atoms with Crippen molar-refractivity contribution < 1.29 is 14.8 Å². The molecule has 5 nitrogen and oxygen atoms in total. The van der Waals surface area contributed by atoms with Crippen LogP contribution in [0.3, 0.4) is 0 Å². The normalized spacial score (nSPS) is 11.9. The van der Waals surface area contributed by atoms with Crippen molar-refractivity contribution in [2.45, 2.75) is 26.8 Å². The van der Waals surface area contributed by atoms with Crippen molar-refractivity contribution in [3.63, 3.8) is 0 Å². The first-order valence-electron chi connectivity index (χ1n) is 9.88. The van der Waals surface area contributed by atoms with E-state index in [0.717, 1.165) is 39.5 Å². The molecule has 0 saturated heterocycles. The van der Waals surface area contributed by atoms with Gasteiger partial charge in [0.15, 0.2) is 12.1 Å². The Balaban J connectivity index is 1.89. The van der Waals surface area contributed by atoms with Gasteiger partial charge in [0.25, 0.3) is 0 Å². The van der Waals surface area contributed by atoms with Gasteiger partial charge in [-0.1, -0.05) is 35.5 Å². The van der Waals surface area contributed by atoms with Crippen LogP contribution in [-0.4, -0.2) is 27.6 Å². The number of oxime groups is 1. The first-order valence-corrected chi connectivity index (χ1v) is 9.88. The van der Waals surface area contributed by atoms with Crippen molar-refractivity contribution in [3.05, 3.63) is 82.9 Å². The Morgan fingerprint density at radius 3 is 2.40 bits per heavy atom. The van der Waals surface area contributed by atoms with E-state index in [-0.39, 0.29) is 17.9 Å². The van der Waals surface area contributed by atoms with Crippen LogP contribution >= 0.6 is 0 Å². The second kappa shape index (κ2) is 7.95. The summed E-state index contributed by atoms with van der Waals surface area (Å²) in [7, 11) is 0. The van der Waals surface area contributed by atoms with E-state index in [1.807, 2.05) is 67.6 Å². The second-order valence-corrected chi connectivity index (χ2v) is 7.36. The average Bonchev–Trinajstić information content (AvgIpc) is 3.09. The summed E-state index contributed by atoms with van der Waals surface area (Å²) in [6, 6.07) is 19.4. The molecule has 30 heavy (non-hydrogen) atoms. The highest BCUT2D eigenvalue weighted by Crippen LogP contribution is 2.31. The summed E-state index contributed by atoms with van der Waals surface area (Å²) in [6.07, 6.45) is 0.801.